The van der Waals surface area contributed by atoms with E-state index in [-0.39, 0.29) is 11.8 Å². The molecule has 1 aliphatic rings. The molecule has 1 aromatic carbocycles. The number of hydrogen-bond acceptors (Lipinski definition) is 4. The van der Waals surface area contributed by atoms with Gasteiger partial charge in [0.2, 0.25) is 5.91 Å². The normalized spacial score (nSPS) is 21.4. The fourth-order valence-corrected chi connectivity index (χ4v) is 2.60. The molecule has 0 aliphatic carbocycles. The number of aryl methyl sites for hydroxylation is 1. The molecule has 2 atom stereocenters. The van der Waals surface area contributed by atoms with Gasteiger partial charge in [0.1, 0.15) is 5.82 Å². The Kier molecular flexibility index (Phi) is 3.70. The lowest BCUT2D eigenvalue weighted by molar-refractivity contribution is -0.120. The molecule has 1 aliphatic heterocycles. The first-order valence-corrected chi connectivity index (χ1v) is 7.14. The van der Waals surface area contributed by atoms with Crippen molar-refractivity contribution in [3.63, 3.8) is 0 Å². The van der Waals surface area contributed by atoms with Crippen molar-refractivity contribution in [3.8, 4) is 11.4 Å². The van der Waals surface area contributed by atoms with E-state index in [2.05, 4.69) is 32.7 Å². The summed E-state index contributed by atoms with van der Waals surface area (Å²) in [6.45, 7) is 5.59. The Balaban J connectivity index is 1.76. The van der Waals surface area contributed by atoms with E-state index in [1.807, 2.05) is 31.2 Å². The van der Waals surface area contributed by atoms with Crippen LogP contribution < -0.4 is 10.6 Å². The van der Waals surface area contributed by atoms with E-state index < -0.39 is 0 Å². The van der Waals surface area contributed by atoms with Gasteiger partial charge in [0, 0.05) is 17.8 Å². The van der Waals surface area contributed by atoms with Crippen LogP contribution in [0, 0.1) is 18.8 Å². The quantitative estimate of drug-likeness (QED) is 0.799. The van der Waals surface area contributed by atoms with Crippen molar-refractivity contribution in [2.45, 2.75) is 13.8 Å². The van der Waals surface area contributed by atoms with Gasteiger partial charge in [-0.2, -0.15) is 5.10 Å². The molecule has 1 fully saturated rings. The van der Waals surface area contributed by atoms with Gasteiger partial charge in [0.05, 0.1) is 5.92 Å². The Bertz CT molecular complexity index is 651. The number of H-pyrrole nitrogens is 1. The molecule has 2 heterocycles. The molecule has 0 saturated carbocycles. The van der Waals surface area contributed by atoms with Gasteiger partial charge in [-0.3, -0.25) is 9.89 Å². The van der Waals surface area contributed by atoms with Crippen LogP contribution in [0.2, 0.25) is 0 Å². The largest absolute Gasteiger partial charge is 0.326 e. The highest BCUT2D eigenvalue weighted by molar-refractivity contribution is 5.93. The van der Waals surface area contributed by atoms with Crippen molar-refractivity contribution in [1.29, 1.82) is 0 Å². The Labute approximate surface area is 123 Å². The summed E-state index contributed by atoms with van der Waals surface area (Å²) in [5, 5.41) is 13.2. The van der Waals surface area contributed by atoms with E-state index in [9.17, 15) is 4.79 Å². The predicted octanol–water partition coefficient (Wildman–Crippen LogP) is 1.57. The average Bonchev–Trinajstić information content (AvgIpc) is 3.08. The zero-order valence-electron chi connectivity index (χ0n) is 12.2. The molecule has 1 aromatic heterocycles. The van der Waals surface area contributed by atoms with Crippen LogP contribution in [0.5, 0.6) is 0 Å². The molecule has 0 radical (unpaired) electrons. The highest BCUT2D eigenvalue weighted by Crippen LogP contribution is 2.22. The topological polar surface area (TPSA) is 82.7 Å². The summed E-state index contributed by atoms with van der Waals surface area (Å²) < 4.78 is 0. The van der Waals surface area contributed by atoms with Crippen LogP contribution in [-0.4, -0.2) is 34.2 Å². The van der Waals surface area contributed by atoms with E-state index in [1.54, 1.807) is 0 Å². The van der Waals surface area contributed by atoms with Crippen LogP contribution in [0.3, 0.4) is 0 Å². The summed E-state index contributed by atoms with van der Waals surface area (Å²) in [5.74, 6) is 1.86. The molecule has 110 valence electrons. The minimum absolute atomic E-state index is 0.0272. The van der Waals surface area contributed by atoms with E-state index in [1.165, 1.54) is 0 Å². The van der Waals surface area contributed by atoms with E-state index >= 15 is 0 Å². The lowest BCUT2D eigenvalue weighted by Crippen LogP contribution is -2.27. The van der Waals surface area contributed by atoms with Gasteiger partial charge in [-0.25, -0.2) is 4.98 Å². The molecule has 6 nitrogen and oxygen atoms in total. The molecular weight excluding hydrogens is 266 g/mol. The van der Waals surface area contributed by atoms with E-state index in [0.717, 1.165) is 30.2 Å². The first kappa shape index (κ1) is 13.8. The third kappa shape index (κ3) is 2.95. The van der Waals surface area contributed by atoms with Gasteiger partial charge in [-0.1, -0.05) is 19.1 Å². The maximum Gasteiger partial charge on any atom is 0.229 e. The Morgan fingerprint density at radius 2 is 2.24 bits per heavy atom. The van der Waals surface area contributed by atoms with Crippen molar-refractivity contribution in [1.82, 2.24) is 20.5 Å². The van der Waals surface area contributed by atoms with E-state index in [4.69, 9.17) is 0 Å². The standard InChI is InChI=1S/C15H19N5O/c1-9-7-16-8-13(9)15(21)18-12-5-3-4-11(6-12)14-17-10(2)19-20-14/h3-6,9,13,16H,7-8H2,1-2H3,(H,18,21)(H,17,19,20)/t9-,13-/m1/s1. The highest BCUT2D eigenvalue weighted by atomic mass is 16.1. The first-order valence-electron chi connectivity index (χ1n) is 7.14. The molecule has 1 amide bonds. The van der Waals surface area contributed by atoms with Gasteiger partial charge in [0.25, 0.3) is 0 Å². The maximum absolute atomic E-state index is 12.3. The van der Waals surface area contributed by atoms with Crippen LogP contribution in [0.15, 0.2) is 24.3 Å². The van der Waals surface area contributed by atoms with Crippen LogP contribution in [0.1, 0.15) is 12.7 Å². The molecule has 21 heavy (non-hydrogen) atoms. The molecule has 6 heteroatoms. The van der Waals surface area contributed by atoms with Gasteiger partial charge in [-0.05, 0) is 31.5 Å². The van der Waals surface area contributed by atoms with Gasteiger partial charge >= 0.3 is 0 Å². The fourth-order valence-electron chi connectivity index (χ4n) is 2.60. The zero-order valence-corrected chi connectivity index (χ0v) is 12.2. The lowest BCUT2D eigenvalue weighted by Gasteiger charge is -2.14. The van der Waals surface area contributed by atoms with Gasteiger partial charge < -0.3 is 10.6 Å². The number of nitrogens with one attached hydrogen (secondary N) is 3. The molecular formula is C15H19N5O. The summed E-state index contributed by atoms with van der Waals surface area (Å²) in [6, 6.07) is 7.60. The molecule has 1 saturated heterocycles. The summed E-state index contributed by atoms with van der Waals surface area (Å²) in [7, 11) is 0. The Hall–Kier alpha value is -2.21. The van der Waals surface area contributed by atoms with Crippen molar-refractivity contribution < 1.29 is 4.79 Å². The molecule has 0 spiro atoms. The number of amides is 1. The molecule has 2 aromatic rings. The number of aromatic nitrogens is 3. The van der Waals surface area contributed by atoms with Crippen LogP contribution >= 0.6 is 0 Å². The number of benzene rings is 1. The number of nitrogens with zero attached hydrogens (tertiary/aromatic N) is 2. The van der Waals surface area contributed by atoms with E-state index in [0.29, 0.717) is 11.7 Å². The third-order valence-corrected chi connectivity index (χ3v) is 3.84. The maximum atomic E-state index is 12.3. The van der Waals surface area contributed by atoms with Crippen LogP contribution in [0.25, 0.3) is 11.4 Å². The smallest absolute Gasteiger partial charge is 0.229 e. The van der Waals surface area contributed by atoms with Crippen molar-refractivity contribution in [2.24, 2.45) is 11.8 Å². The summed E-state index contributed by atoms with van der Waals surface area (Å²) >= 11 is 0. The highest BCUT2D eigenvalue weighted by Gasteiger charge is 2.29. The van der Waals surface area contributed by atoms with Crippen molar-refractivity contribution >= 4 is 11.6 Å². The summed E-state index contributed by atoms with van der Waals surface area (Å²) in [5.41, 5.74) is 1.66. The number of carbonyl (C=O) groups excluding carboxylic acids is 1. The fraction of sp³-hybridized carbons (Fsp3) is 0.400. The zero-order chi connectivity index (χ0) is 14.8. The van der Waals surface area contributed by atoms with Crippen molar-refractivity contribution in [2.75, 3.05) is 18.4 Å². The third-order valence-electron chi connectivity index (χ3n) is 3.84. The average molecular weight is 285 g/mol. The monoisotopic (exact) mass is 285 g/mol. The lowest BCUT2D eigenvalue weighted by atomic mass is 9.97. The second-order valence-corrected chi connectivity index (χ2v) is 5.56. The van der Waals surface area contributed by atoms with Crippen molar-refractivity contribution in [3.05, 3.63) is 30.1 Å². The number of aromatic amines is 1. The second-order valence-electron chi connectivity index (χ2n) is 5.56. The minimum Gasteiger partial charge on any atom is -0.326 e. The number of carbonyl (C=O) groups is 1. The molecule has 0 bridgehead atoms. The number of anilines is 1. The second kappa shape index (κ2) is 5.65. The number of rotatable bonds is 3. The molecule has 3 rings (SSSR count). The molecule has 3 N–H and O–H groups in total. The van der Waals surface area contributed by atoms with Gasteiger partial charge in [-0.15, -0.1) is 0 Å². The summed E-state index contributed by atoms with van der Waals surface area (Å²) in [4.78, 5) is 16.6. The SMILES string of the molecule is Cc1nc(-c2cccc(NC(=O)[C@@H]3CNC[C@H]3C)c2)n[nH]1. The van der Waals surface area contributed by atoms with Gasteiger partial charge in [0.15, 0.2) is 5.82 Å². The minimum atomic E-state index is 0.0272. The Morgan fingerprint density at radius 3 is 2.90 bits per heavy atom. The summed E-state index contributed by atoms with van der Waals surface area (Å²) in [6.07, 6.45) is 0. The van der Waals surface area contributed by atoms with Crippen LogP contribution in [0.4, 0.5) is 5.69 Å². The first-order chi connectivity index (χ1) is 10.1. The molecule has 0 unspecified atom stereocenters. The predicted molar refractivity (Wildman–Crippen MR) is 80.7 cm³/mol. The number of hydrogen-bond donors (Lipinski definition) is 3. The van der Waals surface area contributed by atoms with Crippen LogP contribution in [-0.2, 0) is 4.79 Å². The Morgan fingerprint density at radius 1 is 1.38 bits per heavy atom.